The van der Waals surface area contributed by atoms with E-state index in [0.717, 1.165) is 17.0 Å². The number of halogens is 1. The summed E-state index contributed by atoms with van der Waals surface area (Å²) in [6, 6.07) is 8.46. The molecule has 4 heteroatoms. The van der Waals surface area contributed by atoms with Gasteiger partial charge >= 0.3 is 0 Å². The molecule has 2 rings (SSSR count). The van der Waals surface area contributed by atoms with Crippen molar-refractivity contribution in [3.63, 3.8) is 0 Å². The maximum Gasteiger partial charge on any atom is 0.225 e. The molecular weight excluding hydrogens is 278 g/mol. The molecule has 0 fully saturated rings. The van der Waals surface area contributed by atoms with Crippen LogP contribution in [0, 0.1) is 6.92 Å². The van der Waals surface area contributed by atoms with Crippen LogP contribution in [0.1, 0.15) is 11.1 Å². The minimum absolute atomic E-state index is 0.731. The van der Waals surface area contributed by atoms with Crippen molar-refractivity contribution < 1.29 is 0 Å². The zero-order valence-electron chi connectivity index (χ0n) is 9.89. The van der Waals surface area contributed by atoms with E-state index in [1.807, 2.05) is 11.9 Å². The predicted molar refractivity (Wildman–Crippen MR) is 73.0 cm³/mol. The molecule has 0 spiro atoms. The Morgan fingerprint density at radius 1 is 1.24 bits per heavy atom. The molecule has 0 amide bonds. The van der Waals surface area contributed by atoms with Gasteiger partial charge in [-0.15, -0.1) is 0 Å². The van der Waals surface area contributed by atoms with Crippen LogP contribution in [-0.4, -0.2) is 17.0 Å². The molecule has 0 radical (unpaired) electrons. The summed E-state index contributed by atoms with van der Waals surface area (Å²) in [5.41, 5.74) is 2.53. The first-order chi connectivity index (χ1) is 8.15. The number of aryl methyl sites for hydroxylation is 1. The highest BCUT2D eigenvalue weighted by Crippen LogP contribution is 2.13. The van der Waals surface area contributed by atoms with Gasteiger partial charge in [-0.2, -0.15) is 0 Å². The molecule has 3 nitrogen and oxygen atoms in total. The molecule has 88 valence electrons. The fraction of sp³-hybridized carbons (Fsp3) is 0.231. The number of aromatic nitrogens is 2. The number of benzene rings is 1. The molecule has 1 aromatic carbocycles. The molecule has 1 heterocycles. The topological polar surface area (TPSA) is 29.0 Å². The van der Waals surface area contributed by atoms with Gasteiger partial charge < -0.3 is 4.90 Å². The second-order valence-electron chi connectivity index (χ2n) is 4.05. The lowest BCUT2D eigenvalue weighted by molar-refractivity contribution is 0.864. The van der Waals surface area contributed by atoms with E-state index in [0.29, 0.717) is 0 Å². The van der Waals surface area contributed by atoms with E-state index in [1.54, 1.807) is 12.4 Å². The molecule has 1 aromatic heterocycles. The second-order valence-corrected chi connectivity index (χ2v) is 4.96. The van der Waals surface area contributed by atoms with E-state index in [-0.39, 0.29) is 0 Å². The van der Waals surface area contributed by atoms with Gasteiger partial charge in [-0.1, -0.05) is 29.8 Å². The number of rotatable bonds is 3. The fourth-order valence-corrected chi connectivity index (χ4v) is 1.86. The summed E-state index contributed by atoms with van der Waals surface area (Å²) < 4.78 is 0.894. The largest absolute Gasteiger partial charge is 0.340 e. The third-order valence-electron chi connectivity index (χ3n) is 2.45. The minimum atomic E-state index is 0.731. The van der Waals surface area contributed by atoms with E-state index in [9.17, 15) is 0 Å². The highest BCUT2D eigenvalue weighted by atomic mass is 79.9. The van der Waals surface area contributed by atoms with Crippen molar-refractivity contribution in [1.29, 1.82) is 0 Å². The Hall–Kier alpha value is -1.42. The van der Waals surface area contributed by atoms with E-state index in [4.69, 9.17) is 0 Å². The Morgan fingerprint density at radius 3 is 2.59 bits per heavy atom. The molecule has 0 N–H and O–H groups in total. The number of nitrogens with zero attached hydrogens (tertiary/aromatic N) is 3. The summed E-state index contributed by atoms with van der Waals surface area (Å²) in [5.74, 6) is 0.731. The van der Waals surface area contributed by atoms with Crippen LogP contribution in [0.4, 0.5) is 5.95 Å². The summed E-state index contributed by atoms with van der Waals surface area (Å²) >= 11 is 3.33. The summed E-state index contributed by atoms with van der Waals surface area (Å²) in [6.45, 7) is 2.91. The fourth-order valence-electron chi connectivity index (χ4n) is 1.66. The highest BCUT2D eigenvalue weighted by molar-refractivity contribution is 9.10. The van der Waals surface area contributed by atoms with Crippen LogP contribution < -0.4 is 4.90 Å². The molecular formula is C13H14BrN3. The average molecular weight is 292 g/mol. The van der Waals surface area contributed by atoms with Gasteiger partial charge in [0.2, 0.25) is 5.95 Å². The van der Waals surface area contributed by atoms with E-state index < -0.39 is 0 Å². The quantitative estimate of drug-likeness (QED) is 0.870. The normalized spacial score (nSPS) is 10.3. The highest BCUT2D eigenvalue weighted by Gasteiger charge is 2.04. The summed E-state index contributed by atoms with van der Waals surface area (Å²) in [4.78, 5) is 10.6. The molecule has 17 heavy (non-hydrogen) atoms. The van der Waals surface area contributed by atoms with Crippen LogP contribution in [-0.2, 0) is 6.54 Å². The van der Waals surface area contributed by atoms with Crippen molar-refractivity contribution >= 4 is 21.9 Å². The lowest BCUT2D eigenvalue weighted by Gasteiger charge is -2.17. The maximum absolute atomic E-state index is 4.26. The van der Waals surface area contributed by atoms with Crippen molar-refractivity contribution in [2.45, 2.75) is 13.5 Å². The first kappa shape index (κ1) is 12.0. The Morgan fingerprint density at radius 2 is 1.94 bits per heavy atom. The van der Waals surface area contributed by atoms with Crippen molar-refractivity contribution in [3.8, 4) is 0 Å². The van der Waals surface area contributed by atoms with Crippen LogP contribution in [0.5, 0.6) is 0 Å². The molecule has 0 aliphatic carbocycles. The Labute approximate surface area is 110 Å². The van der Waals surface area contributed by atoms with Gasteiger partial charge in [0.05, 0.1) is 4.47 Å². The maximum atomic E-state index is 4.26. The van der Waals surface area contributed by atoms with E-state index >= 15 is 0 Å². The number of anilines is 1. The lowest BCUT2D eigenvalue weighted by Crippen LogP contribution is -2.18. The summed E-state index contributed by atoms with van der Waals surface area (Å²) in [6.07, 6.45) is 3.52. The second kappa shape index (κ2) is 5.27. The standard InChI is InChI=1S/C13H14BrN3/c1-10-4-3-5-11(6-10)9-17(2)13-15-7-12(14)8-16-13/h3-8H,9H2,1-2H3. The summed E-state index contributed by atoms with van der Waals surface area (Å²) in [5, 5.41) is 0. The van der Waals surface area contributed by atoms with Crippen molar-refractivity contribution in [1.82, 2.24) is 9.97 Å². The lowest BCUT2D eigenvalue weighted by atomic mass is 10.1. The SMILES string of the molecule is Cc1cccc(CN(C)c2ncc(Br)cn2)c1. The van der Waals surface area contributed by atoms with Crippen LogP contribution in [0.15, 0.2) is 41.1 Å². The zero-order valence-corrected chi connectivity index (χ0v) is 11.5. The zero-order chi connectivity index (χ0) is 12.3. The van der Waals surface area contributed by atoms with Gasteiger partial charge in [-0.25, -0.2) is 9.97 Å². The first-order valence-electron chi connectivity index (χ1n) is 5.39. The van der Waals surface area contributed by atoms with Crippen LogP contribution in [0.3, 0.4) is 0 Å². The van der Waals surface area contributed by atoms with Gasteiger partial charge in [0.25, 0.3) is 0 Å². The van der Waals surface area contributed by atoms with Gasteiger partial charge in [-0.05, 0) is 28.4 Å². The number of hydrogen-bond donors (Lipinski definition) is 0. The van der Waals surface area contributed by atoms with Crippen molar-refractivity contribution in [3.05, 3.63) is 52.3 Å². The smallest absolute Gasteiger partial charge is 0.225 e. The van der Waals surface area contributed by atoms with Crippen molar-refractivity contribution in [2.24, 2.45) is 0 Å². The van der Waals surface area contributed by atoms with E-state index in [2.05, 4.69) is 57.1 Å². The molecule has 0 saturated heterocycles. The molecule has 0 bridgehead atoms. The Balaban J connectivity index is 2.11. The van der Waals surface area contributed by atoms with Gasteiger partial charge in [-0.3, -0.25) is 0 Å². The third-order valence-corrected chi connectivity index (χ3v) is 2.86. The predicted octanol–water partition coefficient (Wildman–Crippen LogP) is 3.18. The van der Waals surface area contributed by atoms with Crippen LogP contribution in [0.25, 0.3) is 0 Å². The van der Waals surface area contributed by atoms with Gasteiger partial charge in [0.15, 0.2) is 0 Å². The Bertz CT molecular complexity index is 496. The number of hydrogen-bond acceptors (Lipinski definition) is 3. The third kappa shape index (κ3) is 3.27. The summed E-state index contributed by atoms with van der Waals surface area (Å²) in [7, 11) is 1.99. The van der Waals surface area contributed by atoms with Gasteiger partial charge in [0, 0.05) is 26.0 Å². The monoisotopic (exact) mass is 291 g/mol. The van der Waals surface area contributed by atoms with Crippen LogP contribution >= 0.6 is 15.9 Å². The minimum Gasteiger partial charge on any atom is -0.340 e. The van der Waals surface area contributed by atoms with Crippen LogP contribution in [0.2, 0.25) is 0 Å². The Kier molecular flexibility index (Phi) is 3.74. The molecule has 0 atom stereocenters. The molecule has 2 aromatic rings. The molecule has 0 aliphatic rings. The molecule has 0 unspecified atom stereocenters. The molecule has 0 aliphatic heterocycles. The van der Waals surface area contributed by atoms with Crippen molar-refractivity contribution in [2.75, 3.05) is 11.9 Å². The van der Waals surface area contributed by atoms with Gasteiger partial charge in [0.1, 0.15) is 0 Å². The first-order valence-corrected chi connectivity index (χ1v) is 6.18. The molecule has 0 saturated carbocycles. The average Bonchev–Trinajstić information content (AvgIpc) is 2.29. The van der Waals surface area contributed by atoms with E-state index in [1.165, 1.54) is 11.1 Å².